The summed E-state index contributed by atoms with van der Waals surface area (Å²) in [5, 5.41) is 0. The Hall–Kier alpha value is -1.69. The summed E-state index contributed by atoms with van der Waals surface area (Å²) < 4.78 is 6.24. The van der Waals surface area contributed by atoms with Crippen LogP contribution in [0.15, 0.2) is 12.5 Å². The van der Waals surface area contributed by atoms with Gasteiger partial charge in [-0.15, -0.1) is 0 Å². The number of ether oxygens (including phenoxy) is 1. The van der Waals surface area contributed by atoms with Gasteiger partial charge in [0.25, 0.3) is 0 Å². The molecule has 17 heavy (non-hydrogen) atoms. The monoisotopic (exact) mass is 239 g/mol. The van der Waals surface area contributed by atoms with Crippen molar-refractivity contribution >= 4 is 11.9 Å². The van der Waals surface area contributed by atoms with Gasteiger partial charge >= 0.3 is 6.09 Å². The van der Waals surface area contributed by atoms with Crippen molar-refractivity contribution in [3.8, 4) is 0 Å². The van der Waals surface area contributed by atoms with Gasteiger partial charge in [0.15, 0.2) is 5.78 Å². The van der Waals surface area contributed by atoms with Gasteiger partial charge < -0.3 is 10.5 Å². The molecule has 0 amide bonds. The Kier molecular flexibility index (Phi) is 3.67. The number of carbonyl (C=O) groups excluding carboxylic acids is 2. The fraction of sp³-hybridized carbons (Fsp3) is 0.545. The predicted octanol–water partition coefficient (Wildman–Crippen LogP) is 1.20. The second-order valence-corrected chi connectivity index (χ2v) is 4.80. The number of nitrogens with zero attached hydrogens (tertiary/aromatic N) is 2. The van der Waals surface area contributed by atoms with Crippen LogP contribution in [0.2, 0.25) is 0 Å². The van der Waals surface area contributed by atoms with Crippen LogP contribution in [0, 0.1) is 0 Å². The molecule has 0 bridgehead atoms. The summed E-state index contributed by atoms with van der Waals surface area (Å²) in [6, 6.07) is -0.642. The maximum Gasteiger partial charge on any atom is 0.419 e. The fourth-order valence-corrected chi connectivity index (χ4v) is 1.10. The van der Waals surface area contributed by atoms with Crippen LogP contribution in [0.25, 0.3) is 0 Å². The van der Waals surface area contributed by atoms with E-state index in [2.05, 4.69) is 4.98 Å². The van der Waals surface area contributed by atoms with Gasteiger partial charge in [-0.05, 0) is 27.7 Å². The maximum absolute atomic E-state index is 11.6. The molecular formula is C11H17N3O3. The van der Waals surface area contributed by atoms with E-state index < -0.39 is 17.7 Å². The van der Waals surface area contributed by atoms with E-state index in [-0.39, 0.29) is 11.5 Å². The van der Waals surface area contributed by atoms with Gasteiger partial charge in [-0.3, -0.25) is 4.79 Å². The van der Waals surface area contributed by atoms with Crippen LogP contribution in [0.5, 0.6) is 0 Å². The summed E-state index contributed by atoms with van der Waals surface area (Å²) in [4.78, 5) is 27.0. The topological polar surface area (TPSA) is 87.2 Å². The van der Waals surface area contributed by atoms with Gasteiger partial charge in [-0.2, -0.15) is 0 Å². The quantitative estimate of drug-likeness (QED) is 0.783. The van der Waals surface area contributed by atoms with Crippen molar-refractivity contribution < 1.29 is 14.3 Å². The average Bonchev–Trinajstić information content (AvgIpc) is 2.62. The standard InChI is InChI=1S/C11H17N3O3/c1-7(12)9(15)8-5-14(6-13-8)10(16)17-11(2,3)4/h5-7H,12H2,1-4H3. The van der Waals surface area contributed by atoms with Gasteiger partial charge in [-0.25, -0.2) is 14.3 Å². The SMILES string of the molecule is CC(N)C(=O)c1cn(C(=O)OC(C)(C)C)cn1. The molecule has 0 aliphatic heterocycles. The lowest BCUT2D eigenvalue weighted by Crippen LogP contribution is -2.27. The van der Waals surface area contributed by atoms with E-state index in [1.165, 1.54) is 12.5 Å². The molecule has 0 aliphatic rings. The molecule has 1 atom stereocenters. The van der Waals surface area contributed by atoms with Crippen molar-refractivity contribution in [2.45, 2.75) is 39.3 Å². The van der Waals surface area contributed by atoms with Crippen LogP contribution in [0.4, 0.5) is 4.79 Å². The summed E-state index contributed by atoms with van der Waals surface area (Å²) >= 11 is 0. The van der Waals surface area contributed by atoms with Gasteiger partial charge in [0.2, 0.25) is 0 Å². The van der Waals surface area contributed by atoms with Crippen molar-refractivity contribution in [3.05, 3.63) is 18.2 Å². The molecule has 94 valence electrons. The van der Waals surface area contributed by atoms with Crippen LogP contribution < -0.4 is 5.73 Å². The lowest BCUT2D eigenvalue weighted by atomic mass is 10.2. The van der Waals surface area contributed by atoms with Gasteiger partial charge in [0, 0.05) is 6.20 Å². The minimum absolute atomic E-state index is 0.158. The van der Waals surface area contributed by atoms with E-state index >= 15 is 0 Å². The zero-order chi connectivity index (χ0) is 13.2. The highest BCUT2D eigenvalue weighted by molar-refractivity contribution is 5.98. The Bertz CT molecular complexity index is 429. The Morgan fingerprint density at radius 3 is 2.53 bits per heavy atom. The Balaban J connectivity index is 2.82. The van der Waals surface area contributed by atoms with E-state index in [1.807, 2.05) is 0 Å². The zero-order valence-electron chi connectivity index (χ0n) is 10.4. The molecule has 2 N–H and O–H groups in total. The van der Waals surface area contributed by atoms with Crippen LogP contribution in [-0.4, -0.2) is 33.1 Å². The zero-order valence-corrected chi connectivity index (χ0v) is 10.4. The molecule has 0 aromatic carbocycles. The summed E-state index contributed by atoms with van der Waals surface area (Å²) in [7, 11) is 0. The van der Waals surface area contributed by atoms with Crippen LogP contribution >= 0.6 is 0 Å². The number of ketones is 1. The molecule has 1 rings (SSSR count). The van der Waals surface area contributed by atoms with Crippen LogP contribution in [0.1, 0.15) is 38.2 Å². The Labute approximate surface area is 99.8 Å². The molecule has 1 heterocycles. The van der Waals surface area contributed by atoms with Crippen molar-refractivity contribution in [2.24, 2.45) is 5.73 Å². The maximum atomic E-state index is 11.6. The summed E-state index contributed by atoms with van der Waals surface area (Å²) in [5.74, 6) is -0.313. The third-order valence-corrected chi connectivity index (χ3v) is 1.85. The second-order valence-electron chi connectivity index (χ2n) is 4.80. The van der Waals surface area contributed by atoms with Crippen molar-refractivity contribution in [3.63, 3.8) is 0 Å². The third kappa shape index (κ3) is 3.67. The molecule has 6 nitrogen and oxygen atoms in total. The highest BCUT2D eigenvalue weighted by Gasteiger charge is 2.20. The second kappa shape index (κ2) is 4.67. The van der Waals surface area contributed by atoms with Gasteiger partial charge in [-0.1, -0.05) is 0 Å². The lowest BCUT2D eigenvalue weighted by molar-refractivity contribution is 0.0536. The van der Waals surface area contributed by atoms with Crippen molar-refractivity contribution in [1.29, 1.82) is 0 Å². The van der Waals surface area contributed by atoms with E-state index in [0.29, 0.717) is 0 Å². The number of nitrogens with two attached hydrogens (primary N) is 1. The summed E-state index contributed by atoms with van der Waals surface area (Å²) in [6.45, 7) is 6.84. The smallest absolute Gasteiger partial charge is 0.419 e. The normalized spacial score (nSPS) is 13.2. The molecule has 0 saturated carbocycles. The van der Waals surface area contributed by atoms with E-state index in [0.717, 1.165) is 4.57 Å². The average molecular weight is 239 g/mol. The van der Waals surface area contributed by atoms with E-state index in [1.54, 1.807) is 27.7 Å². The number of hydrogen-bond acceptors (Lipinski definition) is 5. The molecule has 1 aromatic rings. The molecule has 0 saturated heterocycles. The molecule has 6 heteroatoms. The van der Waals surface area contributed by atoms with Crippen LogP contribution in [-0.2, 0) is 4.74 Å². The summed E-state index contributed by atoms with van der Waals surface area (Å²) in [5.41, 5.74) is 5.01. The molecule has 1 unspecified atom stereocenters. The molecule has 0 aliphatic carbocycles. The molecule has 0 spiro atoms. The first-order valence-corrected chi connectivity index (χ1v) is 5.28. The molecule has 0 radical (unpaired) electrons. The van der Waals surface area contributed by atoms with E-state index in [4.69, 9.17) is 10.5 Å². The minimum Gasteiger partial charge on any atom is -0.443 e. The third-order valence-electron chi connectivity index (χ3n) is 1.85. The number of rotatable bonds is 2. The number of hydrogen-bond donors (Lipinski definition) is 1. The molecule has 1 aromatic heterocycles. The number of aromatic nitrogens is 2. The highest BCUT2D eigenvalue weighted by atomic mass is 16.6. The lowest BCUT2D eigenvalue weighted by Gasteiger charge is -2.19. The highest BCUT2D eigenvalue weighted by Crippen LogP contribution is 2.09. The largest absolute Gasteiger partial charge is 0.443 e. The first-order valence-electron chi connectivity index (χ1n) is 5.28. The van der Waals surface area contributed by atoms with Gasteiger partial charge in [0.05, 0.1) is 6.04 Å². The Morgan fingerprint density at radius 2 is 2.06 bits per heavy atom. The first kappa shape index (κ1) is 13.4. The Morgan fingerprint density at radius 1 is 1.47 bits per heavy atom. The summed E-state index contributed by atoms with van der Waals surface area (Å²) in [6.07, 6.45) is 1.98. The number of carbonyl (C=O) groups is 2. The van der Waals surface area contributed by atoms with Crippen LogP contribution in [0.3, 0.4) is 0 Å². The number of imidazole rings is 1. The van der Waals surface area contributed by atoms with Crippen molar-refractivity contribution in [1.82, 2.24) is 9.55 Å². The minimum atomic E-state index is -0.642. The van der Waals surface area contributed by atoms with E-state index in [9.17, 15) is 9.59 Å². The number of Topliss-reactive ketones (excluding diaryl/α,β-unsaturated/α-hetero) is 1. The molecular weight excluding hydrogens is 222 g/mol. The fourth-order valence-electron chi connectivity index (χ4n) is 1.10. The molecule has 0 fully saturated rings. The van der Waals surface area contributed by atoms with Gasteiger partial charge in [0.1, 0.15) is 17.6 Å². The first-order chi connectivity index (χ1) is 7.70. The van der Waals surface area contributed by atoms with Crippen molar-refractivity contribution in [2.75, 3.05) is 0 Å². The predicted molar refractivity (Wildman–Crippen MR) is 61.8 cm³/mol.